The van der Waals surface area contributed by atoms with Crippen LogP contribution in [0.5, 0.6) is 5.88 Å². The van der Waals surface area contributed by atoms with Gasteiger partial charge in [0.25, 0.3) is 0 Å². The zero-order chi connectivity index (χ0) is 33.2. The fraction of sp³-hybridized carbons (Fsp3) is 0.182. The normalized spacial score (nSPS) is 13.1. The predicted octanol–water partition coefficient (Wildman–Crippen LogP) is 7.02. The van der Waals surface area contributed by atoms with Gasteiger partial charge in [0.15, 0.2) is 12.9 Å². The molecule has 6 aromatic rings. The van der Waals surface area contributed by atoms with Gasteiger partial charge in [-0.15, -0.1) is 0 Å². The molecule has 2 aromatic carbocycles. The van der Waals surface area contributed by atoms with Crippen LogP contribution in [-0.2, 0) is 23.0 Å². The Bertz CT molecular complexity index is 2330. The maximum absolute atomic E-state index is 14.7. The minimum absolute atomic E-state index is 0.0833. The number of rotatable bonds is 7. The number of aldehydes is 1. The van der Waals surface area contributed by atoms with Gasteiger partial charge in [-0.2, -0.15) is 13.2 Å². The number of nitrogens with zero attached hydrogens (tertiary/aromatic N) is 4. The van der Waals surface area contributed by atoms with E-state index in [9.17, 15) is 30.8 Å². The van der Waals surface area contributed by atoms with Crippen LogP contribution in [0.1, 0.15) is 15.9 Å². The van der Waals surface area contributed by atoms with Gasteiger partial charge in [0.1, 0.15) is 17.2 Å². The molecule has 1 aliphatic heterocycles. The van der Waals surface area contributed by atoms with Crippen molar-refractivity contribution in [2.45, 2.75) is 19.1 Å². The van der Waals surface area contributed by atoms with Gasteiger partial charge < -0.3 is 13.7 Å². The first kappa shape index (κ1) is 30.4. The molecule has 9 nitrogen and oxygen atoms in total. The zero-order valence-corrected chi connectivity index (χ0v) is 25.6. The topological polar surface area (TPSA) is 108 Å². The predicted molar refractivity (Wildman–Crippen MR) is 167 cm³/mol. The Kier molecular flexibility index (Phi) is 7.08. The van der Waals surface area contributed by atoms with Gasteiger partial charge in [0.05, 0.1) is 40.1 Å². The highest BCUT2D eigenvalue weighted by molar-refractivity contribution is 7.92. The quantitative estimate of drug-likeness (QED) is 0.133. The van der Waals surface area contributed by atoms with Crippen LogP contribution >= 0.6 is 0 Å². The van der Waals surface area contributed by atoms with Crippen molar-refractivity contribution in [3.63, 3.8) is 0 Å². The molecule has 0 unspecified atom stereocenters. The number of hydrogen-bond donors (Lipinski definition) is 0. The van der Waals surface area contributed by atoms with E-state index in [1.807, 2.05) is 16.7 Å². The van der Waals surface area contributed by atoms with Crippen molar-refractivity contribution < 1.29 is 39.9 Å². The average molecular weight is 665 g/mol. The van der Waals surface area contributed by atoms with Crippen LogP contribution in [0.4, 0.5) is 23.2 Å². The lowest BCUT2D eigenvalue weighted by Crippen LogP contribution is -2.25. The van der Waals surface area contributed by atoms with E-state index in [1.54, 1.807) is 24.3 Å². The van der Waals surface area contributed by atoms with E-state index in [0.29, 0.717) is 47.0 Å². The van der Waals surface area contributed by atoms with Crippen LogP contribution in [0.2, 0.25) is 0 Å². The molecule has 1 aliphatic rings. The SMILES string of the molecule is CN(c1cc2oc(-c3ccc(OCC(F)(F)F)nc3)c(C=O)c2cc1-c1ccc2c(n1)-c1cc3c(F)cccc3n1CC2)S(C)(=O)=O. The lowest BCUT2D eigenvalue weighted by molar-refractivity contribution is -0.154. The highest BCUT2D eigenvalue weighted by atomic mass is 32.2. The van der Waals surface area contributed by atoms with Crippen molar-refractivity contribution in [3.8, 4) is 39.8 Å². The number of halogens is 4. The summed E-state index contributed by atoms with van der Waals surface area (Å²) in [6.07, 6.45) is -1.05. The summed E-state index contributed by atoms with van der Waals surface area (Å²) in [5.74, 6) is -0.533. The molecule has 14 heteroatoms. The second-order valence-electron chi connectivity index (χ2n) is 11.2. The van der Waals surface area contributed by atoms with Gasteiger partial charge >= 0.3 is 6.18 Å². The van der Waals surface area contributed by atoms with Crippen LogP contribution in [0.25, 0.3) is 55.8 Å². The second kappa shape index (κ2) is 10.9. The first-order chi connectivity index (χ1) is 22.3. The van der Waals surface area contributed by atoms with E-state index in [1.165, 1.54) is 37.5 Å². The summed E-state index contributed by atoms with van der Waals surface area (Å²) >= 11 is 0. The first-order valence-electron chi connectivity index (χ1n) is 14.3. The van der Waals surface area contributed by atoms with Crippen LogP contribution in [-0.4, -0.2) is 55.3 Å². The molecule has 4 aromatic heterocycles. The van der Waals surface area contributed by atoms with Crippen LogP contribution < -0.4 is 9.04 Å². The number of hydrogen-bond acceptors (Lipinski definition) is 7. The molecule has 0 amide bonds. The molecule has 7 rings (SSSR count). The molecular formula is C33H24F4N4O5S. The summed E-state index contributed by atoms with van der Waals surface area (Å²) in [4.78, 5) is 21.3. The molecule has 0 spiro atoms. The minimum atomic E-state index is -4.54. The van der Waals surface area contributed by atoms with E-state index in [0.717, 1.165) is 27.3 Å². The summed E-state index contributed by atoms with van der Waals surface area (Å²) in [5, 5.41) is 0.821. The van der Waals surface area contributed by atoms with Crippen molar-refractivity contribution in [3.05, 3.63) is 83.8 Å². The van der Waals surface area contributed by atoms with Crippen LogP contribution in [0.15, 0.2) is 71.3 Å². The number of carbonyl (C=O) groups excluding carboxylic acids is 1. The monoisotopic (exact) mass is 664 g/mol. The Morgan fingerprint density at radius 1 is 1.09 bits per heavy atom. The number of ether oxygens (including phenoxy) is 1. The number of sulfonamides is 1. The van der Waals surface area contributed by atoms with Gasteiger partial charge in [-0.25, -0.2) is 22.8 Å². The Morgan fingerprint density at radius 3 is 2.60 bits per heavy atom. The fourth-order valence-electron chi connectivity index (χ4n) is 5.86. The Hall–Kier alpha value is -5.24. The molecule has 0 saturated carbocycles. The van der Waals surface area contributed by atoms with Crippen molar-refractivity contribution in [2.75, 3.05) is 24.2 Å². The van der Waals surface area contributed by atoms with E-state index in [2.05, 4.69) is 9.72 Å². The molecule has 0 radical (unpaired) electrons. The van der Waals surface area contributed by atoms with E-state index >= 15 is 0 Å². The summed E-state index contributed by atoms with van der Waals surface area (Å²) in [6.45, 7) is -0.881. The summed E-state index contributed by atoms with van der Waals surface area (Å²) in [5.41, 5.74) is 4.64. The number of pyridine rings is 2. The van der Waals surface area contributed by atoms with E-state index in [4.69, 9.17) is 9.40 Å². The maximum Gasteiger partial charge on any atom is 0.422 e. The number of furan rings is 1. The van der Waals surface area contributed by atoms with Gasteiger partial charge in [0, 0.05) is 53.8 Å². The molecular weight excluding hydrogens is 640 g/mol. The number of anilines is 1. The molecule has 240 valence electrons. The summed E-state index contributed by atoms with van der Waals surface area (Å²) < 4.78 is 91.7. The molecule has 0 saturated heterocycles. The molecule has 47 heavy (non-hydrogen) atoms. The summed E-state index contributed by atoms with van der Waals surface area (Å²) in [6, 6.07) is 16.1. The third-order valence-corrected chi connectivity index (χ3v) is 9.37. The standard InChI is InChI=1S/C33H24F4N4O5S/c1-40(47(2,43)44)27-14-29-20(23(16-42)32(46-29)19-7-9-30(38-15-19)45-17-33(35,36)37)12-22(27)25-8-6-18-10-11-41-26-5-3-4-24(34)21(26)13-28(41)31(18)39-25/h3-9,12-16H,10-11,17H2,1-2H3. The van der Waals surface area contributed by atoms with Gasteiger partial charge in [-0.1, -0.05) is 12.1 Å². The molecule has 0 aliphatic carbocycles. The van der Waals surface area contributed by atoms with Crippen molar-refractivity contribution in [2.24, 2.45) is 0 Å². The average Bonchev–Trinajstić information content (AvgIpc) is 3.61. The Balaban J connectivity index is 1.38. The highest BCUT2D eigenvalue weighted by Gasteiger charge is 2.29. The van der Waals surface area contributed by atoms with Crippen molar-refractivity contribution >= 4 is 43.9 Å². The van der Waals surface area contributed by atoms with Crippen molar-refractivity contribution in [1.29, 1.82) is 0 Å². The lowest BCUT2D eigenvalue weighted by atomic mass is 9.99. The van der Waals surface area contributed by atoms with Gasteiger partial charge in [-0.05, 0) is 48.4 Å². The van der Waals surface area contributed by atoms with Gasteiger partial charge in [0.2, 0.25) is 15.9 Å². The first-order valence-corrected chi connectivity index (χ1v) is 16.1. The highest BCUT2D eigenvalue weighted by Crippen LogP contribution is 2.42. The third kappa shape index (κ3) is 5.37. The third-order valence-electron chi connectivity index (χ3n) is 8.18. The molecule has 5 heterocycles. The summed E-state index contributed by atoms with van der Waals surface area (Å²) in [7, 11) is -2.40. The van der Waals surface area contributed by atoms with Crippen molar-refractivity contribution in [1.82, 2.24) is 14.5 Å². The molecule has 0 N–H and O–H groups in total. The van der Waals surface area contributed by atoms with Crippen LogP contribution in [0.3, 0.4) is 0 Å². The lowest BCUT2D eigenvalue weighted by Gasteiger charge is -2.22. The second-order valence-corrected chi connectivity index (χ2v) is 13.2. The number of alkyl halides is 3. The molecule has 0 fully saturated rings. The largest absolute Gasteiger partial charge is 0.468 e. The number of benzene rings is 2. The zero-order valence-electron chi connectivity index (χ0n) is 24.8. The Labute approximate surface area is 265 Å². The number of aromatic nitrogens is 3. The van der Waals surface area contributed by atoms with E-state index in [-0.39, 0.29) is 39.9 Å². The molecule has 0 bridgehead atoms. The smallest absolute Gasteiger partial charge is 0.422 e. The Morgan fingerprint density at radius 2 is 1.89 bits per heavy atom. The minimum Gasteiger partial charge on any atom is -0.468 e. The molecule has 0 atom stereocenters. The number of carbonyl (C=O) groups is 1. The number of aryl methyl sites for hydroxylation is 2. The van der Waals surface area contributed by atoms with Gasteiger partial charge in [-0.3, -0.25) is 9.10 Å². The van der Waals surface area contributed by atoms with Crippen LogP contribution in [0, 0.1) is 5.82 Å². The number of fused-ring (bicyclic) bond motifs is 6. The van der Waals surface area contributed by atoms with E-state index < -0.39 is 22.8 Å². The fourth-order valence-corrected chi connectivity index (χ4v) is 6.37. The maximum atomic E-state index is 14.7.